The predicted octanol–water partition coefficient (Wildman–Crippen LogP) is -0.0973. The number of amides is 1. The zero-order valence-corrected chi connectivity index (χ0v) is 12.0. The van der Waals surface area contributed by atoms with Crippen LogP contribution in [-0.2, 0) is 4.79 Å². The van der Waals surface area contributed by atoms with E-state index in [2.05, 4.69) is 22.0 Å². The highest BCUT2D eigenvalue weighted by Crippen LogP contribution is 2.39. The molecule has 1 saturated carbocycles. The summed E-state index contributed by atoms with van der Waals surface area (Å²) in [6.45, 7) is 8.68. The van der Waals surface area contributed by atoms with Crippen LogP contribution in [-0.4, -0.2) is 73.2 Å². The van der Waals surface area contributed by atoms with Gasteiger partial charge in [-0.05, 0) is 19.4 Å². The van der Waals surface area contributed by atoms with E-state index in [1.54, 1.807) is 0 Å². The number of aliphatic hydroxyl groups is 1. The second kappa shape index (κ2) is 6.68. The summed E-state index contributed by atoms with van der Waals surface area (Å²) < 4.78 is 0. The zero-order chi connectivity index (χ0) is 13.7. The molecule has 1 saturated heterocycles. The Kier molecular flexibility index (Phi) is 5.19. The van der Waals surface area contributed by atoms with Crippen LogP contribution in [0.3, 0.4) is 0 Å². The van der Waals surface area contributed by atoms with E-state index >= 15 is 0 Å². The maximum Gasteiger partial charge on any atom is 0.234 e. The minimum Gasteiger partial charge on any atom is -0.396 e. The number of rotatable bonds is 6. The van der Waals surface area contributed by atoms with Gasteiger partial charge in [-0.1, -0.05) is 13.3 Å². The highest BCUT2D eigenvalue weighted by molar-refractivity contribution is 5.78. The second-order valence-corrected chi connectivity index (χ2v) is 6.00. The summed E-state index contributed by atoms with van der Waals surface area (Å²) in [5.41, 5.74) is -0.0173. The number of hydrogen-bond acceptors (Lipinski definition) is 4. The molecule has 0 aromatic heterocycles. The lowest BCUT2D eigenvalue weighted by molar-refractivity contribution is -0.123. The van der Waals surface area contributed by atoms with Crippen molar-refractivity contribution in [3.63, 3.8) is 0 Å². The van der Waals surface area contributed by atoms with Gasteiger partial charge < -0.3 is 15.3 Å². The summed E-state index contributed by atoms with van der Waals surface area (Å²) in [5.74, 6) is 0.102. The van der Waals surface area contributed by atoms with Crippen molar-refractivity contribution >= 4 is 5.91 Å². The van der Waals surface area contributed by atoms with Crippen molar-refractivity contribution in [2.75, 3.05) is 52.4 Å². The normalized spacial score (nSPS) is 23.9. The molecule has 0 aromatic carbocycles. The lowest BCUT2D eigenvalue weighted by Gasteiger charge is -2.40. The first-order valence-corrected chi connectivity index (χ1v) is 7.50. The van der Waals surface area contributed by atoms with Crippen LogP contribution in [0, 0.1) is 5.41 Å². The van der Waals surface area contributed by atoms with Crippen LogP contribution < -0.4 is 5.32 Å². The van der Waals surface area contributed by atoms with E-state index in [4.69, 9.17) is 0 Å². The number of piperazine rings is 1. The Morgan fingerprint density at radius 1 is 1.21 bits per heavy atom. The Labute approximate surface area is 115 Å². The van der Waals surface area contributed by atoms with Crippen LogP contribution in [0.4, 0.5) is 0 Å². The fourth-order valence-electron chi connectivity index (χ4n) is 2.88. The summed E-state index contributed by atoms with van der Waals surface area (Å²) in [4.78, 5) is 16.5. The maximum atomic E-state index is 11.9. The monoisotopic (exact) mass is 269 g/mol. The molecule has 0 aromatic rings. The van der Waals surface area contributed by atoms with Crippen molar-refractivity contribution in [2.45, 2.75) is 26.2 Å². The molecule has 0 spiro atoms. The molecule has 1 aliphatic carbocycles. The van der Waals surface area contributed by atoms with Crippen molar-refractivity contribution in [1.82, 2.24) is 15.1 Å². The fraction of sp³-hybridized carbons (Fsp3) is 0.929. The molecule has 5 nitrogen and oxygen atoms in total. The Hall–Kier alpha value is -0.650. The molecule has 0 unspecified atom stereocenters. The Bertz CT molecular complexity index is 292. The van der Waals surface area contributed by atoms with E-state index in [0.29, 0.717) is 13.1 Å². The van der Waals surface area contributed by atoms with Gasteiger partial charge in [0, 0.05) is 38.1 Å². The predicted molar refractivity (Wildman–Crippen MR) is 74.9 cm³/mol. The third-order valence-corrected chi connectivity index (χ3v) is 4.69. The largest absolute Gasteiger partial charge is 0.396 e. The number of aliphatic hydroxyl groups excluding tert-OH is 1. The molecule has 1 amide bonds. The average Bonchev–Trinajstić information content (AvgIpc) is 2.39. The molecule has 5 heteroatoms. The summed E-state index contributed by atoms with van der Waals surface area (Å²) in [6, 6.07) is 0. The lowest BCUT2D eigenvalue weighted by Crippen LogP contribution is -2.51. The second-order valence-electron chi connectivity index (χ2n) is 6.00. The van der Waals surface area contributed by atoms with Gasteiger partial charge in [0.05, 0.1) is 13.2 Å². The highest BCUT2D eigenvalue weighted by atomic mass is 16.3. The molecule has 19 heavy (non-hydrogen) atoms. The number of carbonyl (C=O) groups is 1. The van der Waals surface area contributed by atoms with E-state index in [-0.39, 0.29) is 17.9 Å². The standard InChI is InChI=1S/C14H27N3O2/c1-2-16-6-8-17(9-7-16)10-13(19)15-11-14(12-18)4-3-5-14/h18H,2-12H2,1H3,(H,15,19). The van der Waals surface area contributed by atoms with Gasteiger partial charge in [-0.25, -0.2) is 0 Å². The van der Waals surface area contributed by atoms with E-state index < -0.39 is 0 Å². The van der Waals surface area contributed by atoms with Crippen LogP contribution in [0.15, 0.2) is 0 Å². The van der Waals surface area contributed by atoms with Gasteiger partial charge in [0.15, 0.2) is 0 Å². The quantitative estimate of drug-likeness (QED) is 0.707. The first-order valence-electron chi connectivity index (χ1n) is 7.50. The van der Waals surface area contributed by atoms with Gasteiger partial charge in [-0.2, -0.15) is 0 Å². The highest BCUT2D eigenvalue weighted by Gasteiger charge is 2.36. The number of nitrogens with zero attached hydrogens (tertiary/aromatic N) is 2. The van der Waals surface area contributed by atoms with E-state index in [1.165, 1.54) is 6.42 Å². The minimum absolute atomic E-state index is 0.0173. The Balaban J connectivity index is 1.64. The third kappa shape index (κ3) is 3.91. The smallest absolute Gasteiger partial charge is 0.234 e. The number of likely N-dealkylation sites (N-methyl/N-ethyl adjacent to an activating group) is 1. The first kappa shape index (κ1) is 14.8. The molecule has 2 fully saturated rings. The molecule has 2 aliphatic rings. The molecule has 1 heterocycles. The molecule has 110 valence electrons. The molecular weight excluding hydrogens is 242 g/mol. The van der Waals surface area contributed by atoms with E-state index in [9.17, 15) is 9.90 Å². The summed E-state index contributed by atoms with van der Waals surface area (Å²) >= 11 is 0. The van der Waals surface area contributed by atoms with Gasteiger partial charge >= 0.3 is 0 Å². The van der Waals surface area contributed by atoms with Gasteiger partial charge in [-0.3, -0.25) is 9.69 Å². The van der Waals surface area contributed by atoms with Crippen LogP contribution in [0.1, 0.15) is 26.2 Å². The molecule has 0 atom stereocenters. The SMILES string of the molecule is CCN1CCN(CC(=O)NCC2(CO)CCC2)CC1. The van der Waals surface area contributed by atoms with Gasteiger partial charge in [0.25, 0.3) is 0 Å². The van der Waals surface area contributed by atoms with Crippen LogP contribution in [0.2, 0.25) is 0 Å². The third-order valence-electron chi connectivity index (χ3n) is 4.69. The fourth-order valence-corrected chi connectivity index (χ4v) is 2.88. The Morgan fingerprint density at radius 2 is 1.84 bits per heavy atom. The van der Waals surface area contributed by atoms with Gasteiger partial charge in [0.2, 0.25) is 5.91 Å². The Morgan fingerprint density at radius 3 is 2.32 bits per heavy atom. The van der Waals surface area contributed by atoms with E-state index in [1.807, 2.05) is 0 Å². The van der Waals surface area contributed by atoms with Crippen LogP contribution in [0.25, 0.3) is 0 Å². The average molecular weight is 269 g/mol. The van der Waals surface area contributed by atoms with E-state index in [0.717, 1.165) is 45.6 Å². The number of carbonyl (C=O) groups excluding carboxylic acids is 1. The van der Waals surface area contributed by atoms with Crippen molar-refractivity contribution < 1.29 is 9.90 Å². The number of nitrogens with one attached hydrogen (secondary N) is 1. The number of hydrogen-bond donors (Lipinski definition) is 2. The van der Waals surface area contributed by atoms with Crippen LogP contribution >= 0.6 is 0 Å². The van der Waals surface area contributed by atoms with Gasteiger partial charge in [-0.15, -0.1) is 0 Å². The van der Waals surface area contributed by atoms with Crippen molar-refractivity contribution in [2.24, 2.45) is 5.41 Å². The summed E-state index contributed by atoms with van der Waals surface area (Å²) in [6.07, 6.45) is 3.26. The molecule has 2 N–H and O–H groups in total. The van der Waals surface area contributed by atoms with Crippen molar-refractivity contribution in [1.29, 1.82) is 0 Å². The van der Waals surface area contributed by atoms with Crippen LogP contribution in [0.5, 0.6) is 0 Å². The molecule has 2 rings (SSSR count). The first-order chi connectivity index (χ1) is 9.17. The summed E-state index contributed by atoms with van der Waals surface area (Å²) in [7, 11) is 0. The maximum absolute atomic E-state index is 11.9. The molecule has 0 radical (unpaired) electrons. The van der Waals surface area contributed by atoms with Crippen molar-refractivity contribution in [3.8, 4) is 0 Å². The summed E-state index contributed by atoms with van der Waals surface area (Å²) in [5, 5.41) is 12.4. The molecule has 1 aliphatic heterocycles. The molecule has 0 bridgehead atoms. The van der Waals surface area contributed by atoms with Gasteiger partial charge in [0.1, 0.15) is 0 Å². The minimum atomic E-state index is -0.0173. The van der Waals surface area contributed by atoms with Crippen molar-refractivity contribution in [3.05, 3.63) is 0 Å². The zero-order valence-electron chi connectivity index (χ0n) is 12.0. The molecular formula is C14H27N3O2. The topological polar surface area (TPSA) is 55.8 Å². The lowest BCUT2D eigenvalue weighted by atomic mass is 9.69.